The molecule has 1 unspecified atom stereocenters. The summed E-state index contributed by atoms with van der Waals surface area (Å²) in [5, 5.41) is 0. The zero-order chi connectivity index (χ0) is 9.23. The highest BCUT2D eigenvalue weighted by Crippen LogP contribution is 2.00. The summed E-state index contributed by atoms with van der Waals surface area (Å²) in [7, 11) is 0. The van der Waals surface area contributed by atoms with E-state index in [-0.39, 0.29) is 6.29 Å². The Balaban J connectivity index is 3.34. The lowest BCUT2D eigenvalue weighted by Crippen LogP contribution is -2.19. The smallest absolute Gasteiger partial charge is 0.159 e. The minimum Gasteiger partial charge on any atom is -0.382 e. The molecule has 0 aliphatic carbocycles. The predicted octanol–water partition coefficient (Wildman–Crippen LogP) is 1.63. The van der Waals surface area contributed by atoms with Gasteiger partial charge in [-0.2, -0.15) is 0 Å². The SMILES string of the molecule is [CH2]COC(CCOCC)OCC. The third-order valence-corrected chi connectivity index (χ3v) is 1.36. The van der Waals surface area contributed by atoms with Crippen LogP contribution in [0.4, 0.5) is 0 Å². The zero-order valence-electron chi connectivity index (χ0n) is 8.04. The normalized spacial score (nSPS) is 11.0. The van der Waals surface area contributed by atoms with Crippen molar-refractivity contribution in [3.63, 3.8) is 0 Å². The second kappa shape index (κ2) is 8.97. The van der Waals surface area contributed by atoms with Crippen LogP contribution in [0.25, 0.3) is 0 Å². The quantitative estimate of drug-likeness (QED) is 0.414. The Kier molecular flexibility index (Phi) is 8.88. The molecule has 0 aromatic heterocycles. The van der Waals surface area contributed by atoms with Crippen LogP contribution in [0.5, 0.6) is 0 Å². The fraction of sp³-hybridized carbons (Fsp3) is 0.889. The summed E-state index contributed by atoms with van der Waals surface area (Å²) in [6, 6.07) is 0. The van der Waals surface area contributed by atoms with Gasteiger partial charge < -0.3 is 14.2 Å². The Hall–Kier alpha value is -0.120. The summed E-state index contributed by atoms with van der Waals surface area (Å²) >= 11 is 0. The minimum absolute atomic E-state index is 0.154. The highest BCUT2D eigenvalue weighted by atomic mass is 16.7. The molecule has 0 saturated carbocycles. The average molecular weight is 175 g/mol. The van der Waals surface area contributed by atoms with E-state index in [4.69, 9.17) is 14.2 Å². The molecule has 0 aliphatic heterocycles. The van der Waals surface area contributed by atoms with Gasteiger partial charge in [-0.05, 0) is 20.8 Å². The predicted molar refractivity (Wildman–Crippen MR) is 47.8 cm³/mol. The largest absolute Gasteiger partial charge is 0.382 e. The molecule has 0 N–H and O–H groups in total. The number of hydrogen-bond acceptors (Lipinski definition) is 3. The molecule has 0 spiro atoms. The van der Waals surface area contributed by atoms with Crippen LogP contribution < -0.4 is 0 Å². The second-order valence-corrected chi connectivity index (χ2v) is 2.24. The molecule has 0 heterocycles. The van der Waals surface area contributed by atoms with Gasteiger partial charge in [0.1, 0.15) is 0 Å². The van der Waals surface area contributed by atoms with Gasteiger partial charge in [-0.25, -0.2) is 0 Å². The van der Waals surface area contributed by atoms with Crippen molar-refractivity contribution in [3.05, 3.63) is 6.92 Å². The molecule has 0 saturated heterocycles. The summed E-state index contributed by atoms with van der Waals surface area (Å²) < 4.78 is 15.7. The maximum atomic E-state index is 5.29. The lowest BCUT2D eigenvalue weighted by molar-refractivity contribution is -0.142. The van der Waals surface area contributed by atoms with Crippen LogP contribution in [-0.4, -0.2) is 32.7 Å². The van der Waals surface area contributed by atoms with Crippen LogP contribution in [0.1, 0.15) is 20.3 Å². The number of hydrogen-bond donors (Lipinski definition) is 0. The van der Waals surface area contributed by atoms with E-state index < -0.39 is 0 Å². The molecular weight excluding hydrogens is 156 g/mol. The molecule has 0 aromatic rings. The van der Waals surface area contributed by atoms with Gasteiger partial charge >= 0.3 is 0 Å². The van der Waals surface area contributed by atoms with E-state index >= 15 is 0 Å². The van der Waals surface area contributed by atoms with Crippen LogP contribution in [-0.2, 0) is 14.2 Å². The molecule has 12 heavy (non-hydrogen) atoms. The summed E-state index contributed by atoms with van der Waals surface area (Å²) in [6.07, 6.45) is 0.621. The summed E-state index contributed by atoms with van der Waals surface area (Å²) in [5.74, 6) is 0. The fourth-order valence-electron chi connectivity index (χ4n) is 0.856. The standard InChI is InChI=1S/C9H19O3/c1-4-10-8-7-9(11-5-2)12-6-3/h9H,2,4-8H2,1,3H3. The molecule has 0 aliphatic rings. The fourth-order valence-corrected chi connectivity index (χ4v) is 0.856. The first-order valence-corrected chi connectivity index (χ1v) is 4.45. The molecule has 1 radical (unpaired) electrons. The third kappa shape index (κ3) is 6.58. The highest BCUT2D eigenvalue weighted by molar-refractivity contribution is 4.45. The van der Waals surface area contributed by atoms with Gasteiger partial charge in [-0.3, -0.25) is 0 Å². The van der Waals surface area contributed by atoms with Crippen molar-refractivity contribution in [2.45, 2.75) is 26.6 Å². The third-order valence-electron chi connectivity index (χ3n) is 1.36. The summed E-state index contributed by atoms with van der Waals surface area (Å²) in [6.45, 7) is 10.0. The molecule has 0 aromatic carbocycles. The van der Waals surface area contributed by atoms with Crippen molar-refractivity contribution in [1.29, 1.82) is 0 Å². The topological polar surface area (TPSA) is 27.7 Å². The van der Waals surface area contributed by atoms with Gasteiger partial charge in [-0.15, -0.1) is 0 Å². The molecule has 0 rings (SSSR count). The molecule has 3 nitrogen and oxygen atoms in total. The Bertz CT molecular complexity index is 79.8. The first kappa shape index (κ1) is 11.9. The Morgan fingerprint density at radius 1 is 1.17 bits per heavy atom. The van der Waals surface area contributed by atoms with E-state index in [1.54, 1.807) is 0 Å². The molecule has 73 valence electrons. The maximum Gasteiger partial charge on any atom is 0.159 e. The molecule has 0 fully saturated rings. The van der Waals surface area contributed by atoms with Crippen molar-refractivity contribution in [2.75, 3.05) is 26.4 Å². The Morgan fingerprint density at radius 2 is 1.92 bits per heavy atom. The summed E-state index contributed by atoms with van der Waals surface area (Å²) in [5.41, 5.74) is 0. The van der Waals surface area contributed by atoms with Gasteiger partial charge in [0.2, 0.25) is 0 Å². The van der Waals surface area contributed by atoms with Crippen molar-refractivity contribution >= 4 is 0 Å². The van der Waals surface area contributed by atoms with Crippen molar-refractivity contribution in [3.8, 4) is 0 Å². The zero-order valence-corrected chi connectivity index (χ0v) is 8.04. The van der Waals surface area contributed by atoms with E-state index in [9.17, 15) is 0 Å². The van der Waals surface area contributed by atoms with E-state index in [0.29, 0.717) is 19.8 Å². The lowest BCUT2D eigenvalue weighted by atomic mass is 10.4. The second-order valence-electron chi connectivity index (χ2n) is 2.24. The molecule has 0 amide bonds. The molecule has 1 atom stereocenters. The van der Waals surface area contributed by atoms with E-state index in [0.717, 1.165) is 13.0 Å². The minimum atomic E-state index is -0.154. The molecule has 3 heteroatoms. The lowest BCUT2D eigenvalue weighted by Gasteiger charge is -2.16. The summed E-state index contributed by atoms with van der Waals surface area (Å²) in [4.78, 5) is 0. The molecular formula is C9H19O3. The number of rotatable bonds is 8. The van der Waals surface area contributed by atoms with E-state index in [2.05, 4.69) is 6.92 Å². The monoisotopic (exact) mass is 175 g/mol. The van der Waals surface area contributed by atoms with Crippen LogP contribution in [0.2, 0.25) is 0 Å². The van der Waals surface area contributed by atoms with Gasteiger partial charge in [0.15, 0.2) is 6.29 Å². The van der Waals surface area contributed by atoms with Gasteiger partial charge in [0.25, 0.3) is 0 Å². The van der Waals surface area contributed by atoms with Gasteiger partial charge in [-0.1, -0.05) is 0 Å². The van der Waals surface area contributed by atoms with Crippen LogP contribution >= 0.6 is 0 Å². The van der Waals surface area contributed by atoms with Crippen LogP contribution in [0.15, 0.2) is 0 Å². The first-order chi connectivity index (χ1) is 5.85. The van der Waals surface area contributed by atoms with Gasteiger partial charge in [0.05, 0.1) is 6.61 Å². The van der Waals surface area contributed by atoms with Crippen molar-refractivity contribution in [1.82, 2.24) is 0 Å². The maximum absolute atomic E-state index is 5.29. The van der Waals surface area contributed by atoms with Crippen molar-refractivity contribution < 1.29 is 14.2 Å². The Morgan fingerprint density at radius 3 is 2.42 bits per heavy atom. The van der Waals surface area contributed by atoms with Crippen LogP contribution in [0.3, 0.4) is 0 Å². The average Bonchev–Trinajstić information content (AvgIpc) is 2.06. The first-order valence-electron chi connectivity index (χ1n) is 4.45. The van der Waals surface area contributed by atoms with Crippen LogP contribution in [0, 0.1) is 6.92 Å². The number of ether oxygens (including phenoxy) is 3. The van der Waals surface area contributed by atoms with Gasteiger partial charge in [0, 0.05) is 26.2 Å². The van der Waals surface area contributed by atoms with Crippen molar-refractivity contribution in [2.24, 2.45) is 0 Å². The highest BCUT2D eigenvalue weighted by Gasteiger charge is 2.06. The van der Waals surface area contributed by atoms with E-state index in [1.165, 1.54) is 0 Å². The molecule has 0 bridgehead atoms. The Labute approximate surface area is 75.0 Å². The van der Waals surface area contributed by atoms with E-state index in [1.807, 2.05) is 13.8 Å².